The van der Waals surface area contributed by atoms with E-state index in [0.717, 1.165) is 5.57 Å². The molecule has 0 saturated carbocycles. The predicted molar refractivity (Wildman–Crippen MR) is 55.8 cm³/mol. The van der Waals surface area contributed by atoms with Gasteiger partial charge >= 0.3 is 0 Å². The normalized spacial score (nSPS) is 28.7. The molecule has 4 heteroatoms. The fraction of sp³-hybridized carbons (Fsp3) is 0.556. The highest BCUT2D eigenvalue weighted by Crippen LogP contribution is 2.28. The maximum atomic E-state index is 11.4. The van der Waals surface area contributed by atoms with Gasteiger partial charge in [-0.05, 0) is 18.9 Å². The van der Waals surface area contributed by atoms with Crippen molar-refractivity contribution in [3.63, 3.8) is 0 Å². The zero-order valence-corrected chi connectivity index (χ0v) is 9.32. The molecule has 1 rings (SSSR count). The van der Waals surface area contributed by atoms with Crippen LogP contribution in [0.2, 0.25) is 0 Å². The molecule has 0 aromatic carbocycles. The molecule has 0 N–H and O–H groups in total. The van der Waals surface area contributed by atoms with Gasteiger partial charge in [-0.3, -0.25) is 0 Å². The molecular weight excluding hydrogens is 208 g/mol. The SMILES string of the molecule is CC1(S(C)(=O)=O)C=C(CCl)C=CC1. The molecule has 74 valence electrons. The standard InChI is InChI=1S/C9H13ClO2S/c1-9(13(2,11)12)5-3-4-8(6-9)7-10/h3-4,6H,5,7H2,1-2H3. The van der Waals surface area contributed by atoms with Crippen molar-refractivity contribution in [3.05, 3.63) is 23.8 Å². The van der Waals surface area contributed by atoms with E-state index in [-0.39, 0.29) is 0 Å². The summed E-state index contributed by atoms with van der Waals surface area (Å²) in [5.41, 5.74) is 0.876. The van der Waals surface area contributed by atoms with Gasteiger partial charge in [-0.1, -0.05) is 18.2 Å². The molecule has 2 nitrogen and oxygen atoms in total. The number of hydrogen-bond acceptors (Lipinski definition) is 2. The van der Waals surface area contributed by atoms with Crippen LogP contribution < -0.4 is 0 Å². The van der Waals surface area contributed by atoms with Crippen molar-refractivity contribution < 1.29 is 8.42 Å². The van der Waals surface area contributed by atoms with Gasteiger partial charge in [0.25, 0.3) is 0 Å². The molecule has 0 saturated heterocycles. The topological polar surface area (TPSA) is 34.1 Å². The van der Waals surface area contributed by atoms with Gasteiger partial charge in [-0.25, -0.2) is 8.42 Å². The third kappa shape index (κ3) is 2.15. The minimum Gasteiger partial charge on any atom is -0.228 e. The quantitative estimate of drug-likeness (QED) is 0.667. The molecule has 0 fully saturated rings. The van der Waals surface area contributed by atoms with Crippen LogP contribution >= 0.6 is 11.6 Å². The Bertz CT molecular complexity index is 354. The van der Waals surface area contributed by atoms with Gasteiger partial charge in [0, 0.05) is 12.1 Å². The van der Waals surface area contributed by atoms with Crippen LogP contribution in [0.25, 0.3) is 0 Å². The Morgan fingerprint density at radius 1 is 1.62 bits per heavy atom. The first-order valence-electron chi connectivity index (χ1n) is 4.03. The van der Waals surface area contributed by atoms with Crippen molar-refractivity contribution in [2.75, 3.05) is 12.1 Å². The van der Waals surface area contributed by atoms with Crippen LogP contribution in [0, 0.1) is 0 Å². The van der Waals surface area contributed by atoms with Gasteiger partial charge < -0.3 is 0 Å². The molecule has 1 aliphatic rings. The van der Waals surface area contributed by atoms with E-state index in [2.05, 4.69) is 0 Å². The number of allylic oxidation sites excluding steroid dienone is 3. The summed E-state index contributed by atoms with van der Waals surface area (Å²) in [7, 11) is -3.05. The summed E-state index contributed by atoms with van der Waals surface area (Å²) < 4.78 is 22.1. The largest absolute Gasteiger partial charge is 0.228 e. The van der Waals surface area contributed by atoms with Crippen LogP contribution in [-0.2, 0) is 9.84 Å². The van der Waals surface area contributed by atoms with Crippen molar-refractivity contribution in [2.24, 2.45) is 0 Å². The Morgan fingerprint density at radius 2 is 2.23 bits per heavy atom. The Hall–Kier alpha value is -0.280. The number of hydrogen-bond donors (Lipinski definition) is 0. The fourth-order valence-electron chi connectivity index (χ4n) is 1.29. The predicted octanol–water partition coefficient (Wildman–Crippen LogP) is 1.91. The van der Waals surface area contributed by atoms with E-state index < -0.39 is 14.6 Å². The second kappa shape index (κ2) is 3.46. The lowest BCUT2D eigenvalue weighted by molar-refractivity contribution is 0.568. The third-order valence-electron chi connectivity index (χ3n) is 2.35. The molecule has 0 aromatic heterocycles. The first kappa shape index (κ1) is 10.8. The lowest BCUT2D eigenvalue weighted by atomic mass is 9.98. The van der Waals surface area contributed by atoms with E-state index in [1.165, 1.54) is 6.26 Å². The van der Waals surface area contributed by atoms with E-state index >= 15 is 0 Å². The second-order valence-corrected chi connectivity index (χ2v) is 6.29. The van der Waals surface area contributed by atoms with Gasteiger partial charge in [-0.2, -0.15) is 0 Å². The summed E-state index contributed by atoms with van der Waals surface area (Å²) in [6, 6.07) is 0. The molecule has 0 aliphatic heterocycles. The van der Waals surface area contributed by atoms with Crippen molar-refractivity contribution in [1.29, 1.82) is 0 Å². The lowest BCUT2D eigenvalue weighted by Gasteiger charge is -2.25. The first-order valence-corrected chi connectivity index (χ1v) is 6.45. The lowest BCUT2D eigenvalue weighted by Crippen LogP contribution is -2.33. The smallest absolute Gasteiger partial charge is 0.156 e. The summed E-state index contributed by atoms with van der Waals surface area (Å²) in [5.74, 6) is 0.363. The van der Waals surface area contributed by atoms with E-state index in [1.807, 2.05) is 12.2 Å². The minimum absolute atomic E-state index is 0.363. The number of sulfone groups is 1. The van der Waals surface area contributed by atoms with Gasteiger partial charge in [0.15, 0.2) is 9.84 Å². The van der Waals surface area contributed by atoms with Crippen molar-refractivity contribution in [3.8, 4) is 0 Å². The third-order valence-corrected chi connectivity index (χ3v) is 4.63. The first-order chi connectivity index (χ1) is 5.89. The maximum absolute atomic E-state index is 11.4. The molecular formula is C9H13ClO2S. The van der Waals surface area contributed by atoms with Crippen molar-refractivity contribution >= 4 is 21.4 Å². The molecule has 13 heavy (non-hydrogen) atoms. The summed E-state index contributed by atoms with van der Waals surface area (Å²) >= 11 is 5.64. The van der Waals surface area contributed by atoms with Crippen LogP contribution in [0.5, 0.6) is 0 Å². The zero-order valence-electron chi connectivity index (χ0n) is 7.75. The van der Waals surface area contributed by atoms with Gasteiger partial charge in [0.1, 0.15) is 0 Å². The van der Waals surface area contributed by atoms with Crippen LogP contribution in [-0.4, -0.2) is 25.3 Å². The average Bonchev–Trinajstić information content (AvgIpc) is 2.02. The van der Waals surface area contributed by atoms with Crippen molar-refractivity contribution in [2.45, 2.75) is 18.1 Å². The van der Waals surface area contributed by atoms with E-state index in [9.17, 15) is 8.42 Å². The highest BCUT2D eigenvalue weighted by Gasteiger charge is 2.33. The molecule has 0 spiro atoms. The summed E-state index contributed by atoms with van der Waals surface area (Å²) in [6.07, 6.45) is 7.27. The molecule has 0 aromatic rings. The molecule has 1 atom stereocenters. The van der Waals surface area contributed by atoms with E-state index in [4.69, 9.17) is 11.6 Å². The van der Waals surface area contributed by atoms with Gasteiger partial charge in [0.2, 0.25) is 0 Å². The second-order valence-electron chi connectivity index (χ2n) is 3.54. The van der Waals surface area contributed by atoms with Gasteiger partial charge in [0.05, 0.1) is 4.75 Å². The monoisotopic (exact) mass is 220 g/mol. The molecule has 0 heterocycles. The van der Waals surface area contributed by atoms with Crippen molar-refractivity contribution in [1.82, 2.24) is 0 Å². The maximum Gasteiger partial charge on any atom is 0.156 e. The molecule has 0 radical (unpaired) electrons. The molecule has 1 aliphatic carbocycles. The van der Waals surface area contributed by atoms with Crippen LogP contribution in [0.4, 0.5) is 0 Å². The summed E-state index contributed by atoms with van der Waals surface area (Å²) in [4.78, 5) is 0. The van der Waals surface area contributed by atoms with Crippen LogP contribution in [0.1, 0.15) is 13.3 Å². The Kier molecular flexibility index (Phi) is 2.88. The zero-order chi connectivity index (χ0) is 10.1. The molecule has 0 amide bonds. The van der Waals surface area contributed by atoms with E-state index in [1.54, 1.807) is 13.0 Å². The highest BCUT2D eigenvalue weighted by atomic mass is 35.5. The van der Waals surface area contributed by atoms with Gasteiger partial charge in [-0.15, -0.1) is 11.6 Å². The Labute approximate surface area is 84.2 Å². The fourth-order valence-corrected chi connectivity index (χ4v) is 2.22. The van der Waals surface area contributed by atoms with Crippen LogP contribution in [0.3, 0.4) is 0 Å². The Balaban J connectivity index is 3.10. The minimum atomic E-state index is -3.05. The number of halogens is 1. The highest BCUT2D eigenvalue weighted by molar-refractivity contribution is 7.92. The summed E-state index contributed by atoms with van der Waals surface area (Å²) in [5, 5.41) is 0. The average molecular weight is 221 g/mol. The molecule has 1 unspecified atom stereocenters. The molecule has 0 bridgehead atoms. The number of rotatable bonds is 2. The number of alkyl halides is 1. The van der Waals surface area contributed by atoms with E-state index in [0.29, 0.717) is 12.3 Å². The Morgan fingerprint density at radius 3 is 2.69 bits per heavy atom. The van der Waals surface area contributed by atoms with Crippen LogP contribution in [0.15, 0.2) is 23.8 Å². The summed E-state index contributed by atoms with van der Waals surface area (Å²) in [6.45, 7) is 1.72.